The van der Waals surface area contributed by atoms with Gasteiger partial charge in [0.05, 0.1) is 0 Å². The van der Waals surface area contributed by atoms with Gasteiger partial charge in [0, 0.05) is 24.9 Å². The van der Waals surface area contributed by atoms with Crippen molar-refractivity contribution < 1.29 is 14.7 Å². The number of carbonyl (C=O) groups excluding carboxylic acids is 1. The smallest absolute Gasteiger partial charge is 0.303 e. The van der Waals surface area contributed by atoms with Gasteiger partial charge in [-0.05, 0) is 33.1 Å². The normalized spacial score (nSPS) is 10.9. The van der Waals surface area contributed by atoms with Crippen molar-refractivity contribution in [1.29, 1.82) is 0 Å². The SMILES string of the molecule is CCC(CC)C(=O)N(CCCC(=O)O)C(C)C. The second-order valence-electron chi connectivity index (χ2n) is 4.64. The Labute approximate surface area is 104 Å². The fraction of sp³-hybridized carbons (Fsp3) is 0.846. The molecule has 17 heavy (non-hydrogen) atoms. The number of aliphatic carboxylic acids is 1. The quantitative estimate of drug-likeness (QED) is 0.712. The van der Waals surface area contributed by atoms with Gasteiger partial charge in [-0.15, -0.1) is 0 Å². The highest BCUT2D eigenvalue weighted by molar-refractivity contribution is 5.79. The summed E-state index contributed by atoms with van der Waals surface area (Å²) in [6.45, 7) is 8.52. The Morgan fingerprint density at radius 1 is 1.18 bits per heavy atom. The Morgan fingerprint density at radius 2 is 1.71 bits per heavy atom. The molecule has 0 atom stereocenters. The van der Waals surface area contributed by atoms with Crippen LogP contribution in [0, 0.1) is 5.92 Å². The van der Waals surface area contributed by atoms with Crippen molar-refractivity contribution in [3.05, 3.63) is 0 Å². The number of nitrogens with zero attached hydrogens (tertiary/aromatic N) is 1. The van der Waals surface area contributed by atoms with E-state index in [2.05, 4.69) is 0 Å². The Hall–Kier alpha value is -1.06. The van der Waals surface area contributed by atoms with E-state index in [1.54, 1.807) is 4.90 Å². The van der Waals surface area contributed by atoms with Gasteiger partial charge < -0.3 is 10.0 Å². The molecule has 0 aromatic heterocycles. The van der Waals surface area contributed by atoms with E-state index < -0.39 is 5.97 Å². The van der Waals surface area contributed by atoms with Gasteiger partial charge in [0.1, 0.15) is 0 Å². The highest BCUT2D eigenvalue weighted by Gasteiger charge is 2.23. The standard InChI is InChI=1S/C13H25NO3/c1-5-11(6-2)13(17)14(10(3)4)9-7-8-12(15)16/h10-11H,5-9H2,1-4H3,(H,15,16). The maximum atomic E-state index is 12.2. The first kappa shape index (κ1) is 15.9. The largest absolute Gasteiger partial charge is 0.481 e. The highest BCUT2D eigenvalue weighted by Crippen LogP contribution is 2.15. The summed E-state index contributed by atoms with van der Waals surface area (Å²) in [6, 6.07) is 0.136. The van der Waals surface area contributed by atoms with E-state index in [1.807, 2.05) is 27.7 Å². The molecule has 0 aliphatic heterocycles. The predicted octanol–water partition coefficient (Wildman–Crippen LogP) is 2.52. The van der Waals surface area contributed by atoms with Crippen LogP contribution in [-0.4, -0.2) is 34.5 Å². The predicted molar refractivity (Wildman–Crippen MR) is 67.8 cm³/mol. The number of amides is 1. The summed E-state index contributed by atoms with van der Waals surface area (Å²) < 4.78 is 0. The molecule has 0 spiro atoms. The minimum absolute atomic E-state index is 0.0715. The zero-order valence-corrected chi connectivity index (χ0v) is 11.4. The van der Waals surface area contributed by atoms with Gasteiger partial charge in [0.25, 0.3) is 0 Å². The lowest BCUT2D eigenvalue weighted by atomic mass is 10.0. The molecule has 0 heterocycles. The number of hydrogen-bond donors (Lipinski definition) is 1. The molecule has 4 heteroatoms. The van der Waals surface area contributed by atoms with Crippen LogP contribution in [0.15, 0.2) is 0 Å². The first-order valence-electron chi connectivity index (χ1n) is 6.46. The second kappa shape index (κ2) is 8.09. The third kappa shape index (κ3) is 5.71. The molecule has 0 unspecified atom stereocenters. The summed E-state index contributed by atoms with van der Waals surface area (Å²) >= 11 is 0. The van der Waals surface area contributed by atoms with Gasteiger partial charge in [0.15, 0.2) is 0 Å². The van der Waals surface area contributed by atoms with Crippen molar-refractivity contribution in [2.45, 2.75) is 59.4 Å². The molecule has 0 fully saturated rings. The molecule has 0 saturated carbocycles. The van der Waals surface area contributed by atoms with E-state index >= 15 is 0 Å². The van der Waals surface area contributed by atoms with Crippen LogP contribution in [-0.2, 0) is 9.59 Å². The maximum Gasteiger partial charge on any atom is 0.303 e. The van der Waals surface area contributed by atoms with E-state index in [9.17, 15) is 9.59 Å². The maximum absolute atomic E-state index is 12.2. The number of hydrogen-bond acceptors (Lipinski definition) is 2. The van der Waals surface area contributed by atoms with Crippen molar-refractivity contribution in [1.82, 2.24) is 4.90 Å². The van der Waals surface area contributed by atoms with Crippen LogP contribution in [0.3, 0.4) is 0 Å². The molecule has 0 aromatic carbocycles. The molecule has 100 valence electrons. The molecule has 4 nitrogen and oxygen atoms in total. The summed E-state index contributed by atoms with van der Waals surface area (Å²) in [5, 5.41) is 8.60. The van der Waals surface area contributed by atoms with Gasteiger partial charge in [-0.2, -0.15) is 0 Å². The summed E-state index contributed by atoms with van der Waals surface area (Å²) in [7, 11) is 0. The fourth-order valence-electron chi connectivity index (χ4n) is 1.90. The summed E-state index contributed by atoms with van der Waals surface area (Å²) in [5.74, 6) is -0.568. The summed E-state index contributed by atoms with van der Waals surface area (Å²) in [4.78, 5) is 24.5. The topological polar surface area (TPSA) is 57.6 Å². The van der Waals surface area contributed by atoms with Crippen molar-refractivity contribution >= 4 is 11.9 Å². The van der Waals surface area contributed by atoms with Crippen LogP contribution in [0.25, 0.3) is 0 Å². The van der Waals surface area contributed by atoms with E-state index in [4.69, 9.17) is 5.11 Å². The molecular formula is C13H25NO3. The second-order valence-corrected chi connectivity index (χ2v) is 4.64. The molecule has 0 radical (unpaired) electrons. The van der Waals surface area contributed by atoms with Gasteiger partial charge in [-0.25, -0.2) is 0 Å². The van der Waals surface area contributed by atoms with Crippen molar-refractivity contribution in [3.8, 4) is 0 Å². The zero-order chi connectivity index (χ0) is 13.4. The Balaban J connectivity index is 4.40. The van der Waals surface area contributed by atoms with E-state index in [-0.39, 0.29) is 24.3 Å². The lowest BCUT2D eigenvalue weighted by molar-refractivity contribution is -0.140. The van der Waals surface area contributed by atoms with Gasteiger partial charge in [-0.3, -0.25) is 9.59 Å². The molecule has 0 aromatic rings. The molecule has 0 saturated heterocycles. The average molecular weight is 243 g/mol. The van der Waals surface area contributed by atoms with Crippen LogP contribution in [0.1, 0.15) is 53.4 Å². The monoisotopic (exact) mass is 243 g/mol. The van der Waals surface area contributed by atoms with Crippen molar-refractivity contribution in [3.63, 3.8) is 0 Å². The van der Waals surface area contributed by atoms with Gasteiger partial charge in [0.2, 0.25) is 5.91 Å². The first-order valence-corrected chi connectivity index (χ1v) is 6.46. The Kier molecular flexibility index (Phi) is 7.59. The molecule has 0 rings (SSSR count). The minimum Gasteiger partial charge on any atom is -0.481 e. The lowest BCUT2D eigenvalue weighted by Crippen LogP contribution is -2.41. The average Bonchev–Trinajstić information content (AvgIpc) is 2.25. The minimum atomic E-state index is -0.802. The van der Waals surface area contributed by atoms with Crippen LogP contribution < -0.4 is 0 Å². The van der Waals surface area contributed by atoms with Crippen molar-refractivity contribution in [2.24, 2.45) is 5.92 Å². The van der Waals surface area contributed by atoms with Crippen LogP contribution in [0.4, 0.5) is 0 Å². The Bertz CT molecular complexity index is 247. The van der Waals surface area contributed by atoms with Crippen LogP contribution >= 0.6 is 0 Å². The first-order chi connectivity index (χ1) is 7.93. The summed E-state index contributed by atoms with van der Waals surface area (Å²) in [5.41, 5.74) is 0. The van der Waals surface area contributed by atoms with E-state index in [1.165, 1.54) is 0 Å². The molecule has 1 amide bonds. The number of carboxylic acid groups (broad SMARTS) is 1. The molecule has 1 N–H and O–H groups in total. The Morgan fingerprint density at radius 3 is 2.06 bits per heavy atom. The fourth-order valence-corrected chi connectivity index (χ4v) is 1.90. The lowest BCUT2D eigenvalue weighted by Gasteiger charge is -2.30. The van der Waals surface area contributed by atoms with Gasteiger partial charge in [-0.1, -0.05) is 13.8 Å². The van der Waals surface area contributed by atoms with Crippen molar-refractivity contribution in [2.75, 3.05) is 6.54 Å². The number of carboxylic acids is 1. The van der Waals surface area contributed by atoms with Gasteiger partial charge >= 0.3 is 5.97 Å². The van der Waals surface area contributed by atoms with E-state index in [0.717, 1.165) is 12.8 Å². The third-order valence-electron chi connectivity index (χ3n) is 3.03. The number of carbonyl (C=O) groups is 2. The molecule has 0 bridgehead atoms. The highest BCUT2D eigenvalue weighted by atomic mass is 16.4. The van der Waals surface area contributed by atoms with E-state index in [0.29, 0.717) is 13.0 Å². The molecular weight excluding hydrogens is 218 g/mol. The summed E-state index contributed by atoms with van der Waals surface area (Å²) in [6.07, 6.45) is 2.34. The molecule has 0 aliphatic carbocycles. The van der Waals surface area contributed by atoms with Crippen LogP contribution in [0.2, 0.25) is 0 Å². The third-order valence-corrected chi connectivity index (χ3v) is 3.03. The number of rotatable bonds is 8. The molecule has 0 aliphatic rings. The van der Waals surface area contributed by atoms with Crippen LogP contribution in [0.5, 0.6) is 0 Å². The zero-order valence-electron chi connectivity index (χ0n) is 11.4.